The van der Waals surface area contributed by atoms with E-state index >= 15 is 0 Å². The van der Waals surface area contributed by atoms with Crippen molar-refractivity contribution in [3.8, 4) is 89.0 Å². The fraction of sp³-hybridized carbons (Fsp3) is 0. The van der Waals surface area contributed by atoms with Crippen LogP contribution in [-0.2, 0) is 0 Å². The third-order valence-corrected chi connectivity index (χ3v) is 16.1. The lowest BCUT2D eigenvalue weighted by atomic mass is 9.84. The highest BCUT2D eigenvalue weighted by Crippen LogP contribution is 2.49. The van der Waals surface area contributed by atoms with Crippen molar-refractivity contribution >= 4 is 63.8 Å². The molecule has 0 nitrogen and oxygen atoms in total. The lowest BCUT2D eigenvalue weighted by Crippen LogP contribution is -1.91. The standard InChI is InChI=1S/C72H46S/c1-5-19-47(20-6-1)53-29-17-31-55(39-53)59-43-64(49-22-7-2-8-23-49)71-67(45-59)68-46-60(56-36-35-48-21-13-14-28-52(48)40-56)44-65(72(68)73-71)58-32-18-30-54(41-58)57-37-38-63-66(42-57)70(51-26-11-4-12-27-51)62-34-16-15-33-61(62)69(63)50-24-9-3-10-25-50/h1-46H. The van der Waals surface area contributed by atoms with Crippen LogP contribution in [0.4, 0.5) is 0 Å². The summed E-state index contributed by atoms with van der Waals surface area (Å²) in [4.78, 5) is 0. The molecule has 0 aliphatic rings. The Morgan fingerprint density at radius 1 is 0.178 bits per heavy atom. The summed E-state index contributed by atoms with van der Waals surface area (Å²) in [5, 5.41) is 10.0. The molecule has 0 aliphatic carbocycles. The molecule has 1 heteroatoms. The second-order valence-electron chi connectivity index (χ2n) is 19.1. The molecule has 13 aromatic carbocycles. The van der Waals surface area contributed by atoms with Gasteiger partial charge in [-0.15, -0.1) is 11.3 Å². The first-order chi connectivity index (χ1) is 36.2. The minimum absolute atomic E-state index is 1.18. The van der Waals surface area contributed by atoms with Gasteiger partial charge in [-0.3, -0.25) is 0 Å². The fourth-order valence-corrected chi connectivity index (χ4v) is 12.6. The molecule has 0 radical (unpaired) electrons. The number of thiophene rings is 1. The summed E-state index contributed by atoms with van der Waals surface area (Å²) in [5.74, 6) is 0. The molecule has 1 heterocycles. The van der Waals surface area contributed by atoms with Gasteiger partial charge in [0.05, 0.1) is 0 Å². The van der Waals surface area contributed by atoms with E-state index in [1.807, 2.05) is 11.3 Å². The zero-order valence-electron chi connectivity index (χ0n) is 40.0. The van der Waals surface area contributed by atoms with Crippen LogP contribution in [0.5, 0.6) is 0 Å². The van der Waals surface area contributed by atoms with Gasteiger partial charge in [-0.1, -0.05) is 231 Å². The molecular formula is C72H46S. The van der Waals surface area contributed by atoms with Crippen LogP contribution >= 0.6 is 11.3 Å². The van der Waals surface area contributed by atoms with E-state index in [9.17, 15) is 0 Å². The Labute approximate surface area is 429 Å². The smallest absolute Gasteiger partial charge is 0.0434 e. The molecular weight excluding hydrogens is 897 g/mol. The van der Waals surface area contributed by atoms with Gasteiger partial charge < -0.3 is 0 Å². The molecule has 0 saturated heterocycles. The largest absolute Gasteiger partial charge is 0.134 e. The van der Waals surface area contributed by atoms with Gasteiger partial charge in [0.25, 0.3) is 0 Å². The number of fused-ring (bicyclic) bond motifs is 6. The summed E-state index contributed by atoms with van der Waals surface area (Å²) in [6, 6.07) is 103. The van der Waals surface area contributed by atoms with E-state index in [4.69, 9.17) is 0 Å². The summed E-state index contributed by atoms with van der Waals surface area (Å²) in [6.07, 6.45) is 0. The first kappa shape index (κ1) is 42.7. The predicted octanol–water partition coefficient (Wildman–Crippen LogP) is 20.9. The van der Waals surface area contributed by atoms with E-state index in [0.717, 1.165) is 0 Å². The lowest BCUT2D eigenvalue weighted by Gasteiger charge is -2.19. The van der Waals surface area contributed by atoms with Gasteiger partial charge in [-0.2, -0.15) is 0 Å². The molecule has 0 N–H and O–H groups in total. The predicted molar refractivity (Wildman–Crippen MR) is 315 cm³/mol. The molecule has 14 aromatic rings. The minimum Gasteiger partial charge on any atom is -0.134 e. The van der Waals surface area contributed by atoms with Crippen LogP contribution in [0.15, 0.2) is 279 Å². The van der Waals surface area contributed by atoms with Crippen LogP contribution in [0.2, 0.25) is 0 Å². The quantitative estimate of drug-likeness (QED) is 0.133. The van der Waals surface area contributed by atoms with Crippen molar-refractivity contribution < 1.29 is 0 Å². The Bertz CT molecular complexity index is 4400. The molecule has 1 aromatic heterocycles. The Hall–Kier alpha value is -9.14. The van der Waals surface area contributed by atoms with Gasteiger partial charge in [-0.25, -0.2) is 0 Å². The molecule has 0 fully saturated rings. The monoisotopic (exact) mass is 942 g/mol. The van der Waals surface area contributed by atoms with Crippen molar-refractivity contribution in [3.05, 3.63) is 279 Å². The third-order valence-electron chi connectivity index (χ3n) is 14.8. The molecule has 0 unspecified atom stereocenters. The van der Waals surface area contributed by atoms with Crippen LogP contribution in [-0.4, -0.2) is 0 Å². The van der Waals surface area contributed by atoms with Crippen LogP contribution in [0.25, 0.3) is 142 Å². The van der Waals surface area contributed by atoms with Crippen LogP contribution in [0, 0.1) is 0 Å². The maximum absolute atomic E-state index is 2.45. The van der Waals surface area contributed by atoms with E-state index in [2.05, 4.69) is 279 Å². The van der Waals surface area contributed by atoms with Crippen molar-refractivity contribution in [2.24, 2.45) is 0 Å². The summed E-state index contributed by atoms with van der Waals surface area (Å²) in [5.41, 5.74) is 19.5. The SMILES string of the molecule is c1ccc(-c2cccc(-c3cc(-c4ccccc4)c4sc5c(-c6cccc(-c7ccc8c(-c9ccccc9)c9ccccc9c(-c9ccccc9)c8c7)c6)cc(-c6ccc7ccccc7c6)cc5c4c3)c2)cc1. The Morgan fingerprint density at radius 2 is 0.562 bits per heavy atom. The molecule has 0 atom stereocenters. The summed E-state index contributed by atoms with van der Waals surface area (Å²) in [6.45, 7) is 0. The highest BCUT2D eigenvalue weighted by Gasteiger charge is 2.21. The second kappa shape index (κ2) is 17.9. The number of rotatable bonds is 8. The molecule has 73 heavy (non-hydrogen) atoms. The van der Waals surface area contributed by atoms with Crippen LogP contribution in [0.1, 0.15) is 0 Å². The fourth-order valence-electron chi connectivity index (χ4n) is 11.3. The summed E-state index contributed by atoms with van der Waals surface area (Å²) < 4.78 is 2.58. The first-order valence-corrected chi connectivity index (χ1v) is 26.0. The minimum atomic E-state index is 1.18. The highest BCUT2D eigenvalue weighted by atomic mass is 32.1. The molecule has 0 saturated carbocycles. The van der Waals surface area contributed by atoms with E-state index < -0.39 is 0 Å². The Morgan fingerprint density at radius 3 is 1.18 bits per heavy atom. The summed E-state index contributed by atoms with van der Waals surface area (Å²) in [7, 11) is 0. The molecule has 0 amide bonds. The van der Waals surface area contributed by atoms with Crippen LogP contribution < -0.4 is 0 Å². The van der Waals surface area contributed by atoms with Crippen molar-refractivity contribution in [3.63, 3.8) is 0 Å². The third kappa shape index (κ3) is 7.61. The van der Waals surface area contributed by atoms with Crippen molar-refractivity contribution in [1.29, 1.82) is 0 Å². The average molecular weight is 943 g/mol. The molecule has 0 aliphatic heterocycles. The molecule has 14 rings (SSSR count). The second-order valence-corrected chi connectivity index (χ2v) is 20.2. The van der Waals surface area contributed by atoms with Crippen molar-refractivity contribution in [2.75, 3.05) is 0 Å². The Kier molecular flexibility index (Phi) is 10.5. The van der Waals surface area contributed by atoms with E-state index in [0.29, 0.717) is 0 Å². The topological polar surface area (TPSA) is 0 Å². The zero-order valence-corrected chi connectivity index (χ0v) is 40.8. The van der Waals surface area contributed by atoms with Gasteiger partial charge in [0.2, 0.25) is 0 Å². The van der Waals surface area contributed by atoms with E-state index in [-0.39, 0.29) is 0 Å². The van der Waals surface area contributed by atoms with E-state index in [1.54, 1.807) is 0 Å². The maximum atomic E-state index is 2.45. The normalized spacial score (nSPS) is 11.6. The van der Waals surface area contributed by atoms with Gasteiger partial charge in [0, 0.05) is 31.3 Å². The highest BCUT2D eigenvalue weighted by molar-refractivity contribution is 7.27. The lowest BCUT2D eigenvalue weighted by molar-refractivity contribution is 1.60. The first-order valence-electron chi connectivity index (χ1n) is 25.1. The summed E-state index contributed by atoms with van der Waals surface area (Å²) >= 11 is 1.92. The average Bonchev–Trinajstić information content (AvgIpc) is 3.85. The Balaban J connectivity index is 1.00. The number of benzene rings is 13. The molecule has 0 spiro atoms. The van der Waals surface area contributed by atoms with Gasteiger partial charge in [0.15, 0.2) is 0 Å². The zero-order chi connectivity index (χ0) is 48.2. The molecule has 340 valence electrons. The van der Waals surface area contributed by atoms with Crippen LogP contribution in [0.3, 0.4) is 0 Å². The maximum Gasteiger partial charge on any atom is 0.0434 e. The van der Waals surface area contributed by atoms with Crippen molar-refractivity contribution in [1.82, 2.24) is 0 Å². The van der Waals surface area contributed by atoms with Gasteiger partial charge in [0.1, 0.15) is 0 Å². The molecule has 0 bridgehead atoms. The van der Waals surface area contributed by atoms with Gasteiger partial charge in [-0.05, 0) is 159 Å². The van der Waals surface area contributed by atoms with Gasteiger partial charge >= 0.3 is 0 Å². The number of hydrogen-bond acceptors (Lipinski definition) is 1. The van der Waals surface area contributed by atoms with E-state index in [1.165, 1.54) is 142 Å². The van der Waals surface area contributed by atoms with Crippen molar-refractivity contribution in [2.45, 2.75) is 0 Å². The number of hydrogen-bond donors (Lipinski definition) is 0.